The Labute approximate surface area is 317 Å². The van der Waals surface area contributed by atoms with Crippen LogP contribution >= 0.6 is 0 Å². The molecule has 8 aliphatic rings. The maximum Gasteiger partial charge on any atom is 0.317 e. The number of aliphatic carboxylic acids is 1. The highest BCUT2D eigenvalue weighted by Gasteiger charge is 2.69. The molecule has 8 fully saturated rings. The van der Waals surface area contributed by atoms with Gasteiger partial charge in [0.05, 0.1) is 53.8 Å². The first-order valence-corrected chi connectivity index (χ1v) is 20.5. The van der Waals surface area contributed by atoms with Crippen LogP contribution in [0.2, 0.25) is 0 Å². The molecule has 0 aromatic rings. The molecule has 0 radical (unpaired) electrons. The van der Waals surface area contributed by atoms with Crippen LogP contribution in [-0.2, 0) is 52.5 Å². The van der Waals surface area contributed by atoms with Crippen LogP contribution in [0.5, 0.6) is 0 Å². The van der Waals surface area contributed by atoms with Crippen molar-refractivity contribution in [2.24, 2.45) is 100 Å². The molecule has 12 heteroatoms. The SMILES string of the molecule is CC(C)OC1C2CC(C1OC(=O)C(C)(C)CC1C(=O)OC(=O)C1C1C3CC(CC3C(=O)OC(C)(C)C)C1C1C(C)C3CC(C(=O)O)C1C3)C1C(=O)OCC21. The lowest BCUT2D eigenvalue weighted by Crippen LogP contribution is -2.49. The number of carboxylic acid groups (broad SMARTS) is 1. The van der Waals surface area contributed by atoms with E-state index in [1.165, 1.54) is 0 Å². The van der Waals surface area contributed by atoms with Crippen LogP contribution in [0.1, 0.15) is 93.9 Å². The topological polar surface area (TPSA) is 169 Å². The van der Waals surface area contributed by atoms with E-state index in [2.05, 4.69) is 6.92 Å². The molecule has 0 amide bonds. The summed E-state index contributed by atoms with van der Waals surface area (Å²) < 4.78 is 29.4. The Morgan fingerprint density at radius 2 is 1.43 bits per heavy atom. The quantitative estimate of drug-likeness (QED) is 0.179. The number of carbonyl (C=O) groups is 6. The van der Waals surface area contributed by atoms with Gasteiger partial charge in [-0.15, -0.1) is 0 Å². The number of hydrogen-bond acceptors (Lipinski definition) is 11. The van der Waals surface area contributed by atoms with Gasteiger partial charge in [-0.3, -0.25) is 28.8 Å². The van der Waals surface area contributed by atoms with Gasteiger partial charge in [-0.25, -0.2) is 0 Å². The molecule has 6 saturated carbocycles. The molecule has 18 atom stereocenters. The largest absolute Gasteiger partial charge is 0.481 e. The fourth-order valence-corrected chi connectivity index (χ4v) is 13.8. The highest BCUT2D eigenvalue weighted by atomic mass is 16.6. The third-order valence-electron chi connectivity index (χ3n) is 15.6. The van der Waals surface area contributed by atoms with Crippen LogP contribution in [0.3, 0.4) is 0 Å². The molecule has 2 heterocycles. The summed E-state index contributed by atoms with van der Waals surface area (Å²) in [6.07, 6.45) is 2.34. The van der Waals surface area contributed by atoms with E-state index in [9.17, 15) is 33.9 Å². The summed E-state index contributed by atoms with van der Waals surface area (Å²) in [6, 6.07) is 0. The Morgan fingerprint density at radius 3 is 2.07 bits per heavy atom. The van der Waals surface area contributed by atoms with Gasteiger partial charge in [0.2, 0.25) is 0 Å². The van der Waals surface area contributed by atoms with Crippen molar-refractivity contribution in [3.8, 4) is 0 Å². The van der Waals surface area contributed by atoms with Crippen molar-refractivity contribution in [1.82, 2.24) is 0 Å². The molecule has 1 N–H and O–H groups in total. The van der Waals surface area contributed by atoms with E-state index in [4.69, 9.17) is 23.7 Å². The fraction of sp³-hybridized carbons (Fsp3) is 0.857. The molecule has 6 aliphatic carbocycles. The van der Waals surface area contributed by atoms with Crippen LogP contribution < -0.4 is 0 Å². The van der Waals surface area contributed by atoms with Crippen molar-refractivity contribution in [2.75, 3.05) is 6.61 Å². The van der Waals surface area contributed by atoms with Crippen molar-refractivity contribution in [2.45, 2.75) is 118 Å². The summed E-state index contributed by atoms with van der Waals surface area (Å²) in [5.41, 5.74) is -1.92. The highest BCUT2D eigenvalue weighted by Crippen LogP contribution is 2.69. The molecule has 12 nitrogen and oxygen atoms in total. The molecule has 2 aliphatic heterocycles. The van der Waals surface area contributed by atoms with Gasteiger partial charge < -0.3 is 28.8 Å². The second kappa shape index (κ2) is 13.0. The van der Waals surface area contributed by atoms with Crippen LogP contribution in [0, 0.1) is 100 Å². The summed E-state index contributed by atoms with van der Waals surface area (Å²) in [7, 11) is 0. The van der Waals surface area contributed by atoms with Gasteiger partial charge in [0.25, 0.3) is 0 Å². The van der Waals surface area contributed by atoms with E-state index in [1.54, 1.807) is 13.8 Å². The maximum absolute atomic E-state index is 14.3. The lowest BCUT2D eigenvalue weighted by molar-refractivity contribution is -0.182. The zero-order valence-corrected chi connectivity index (χ0v) is 32.9. The molecule has 54 heavy (non-hydrogen) atoms. The second-order valence-corrected chi connectivity index (χ2v) is 20.3. The Morgan fingerprint density at radius 1 is 0.759 bits per heavy atom. The molecule has 0 spiro atoms. The number of hydrogen-bond donors (Lipinski definition) is 1. The predicted octanol–water partition coefficient (Wildman–Crippen LogP) is 5.09. The minimum absolute atomic E-state index is 0.00652. The average Bonchev–Trinajstić information content (AvgIpc) is 3.92. The van der Waals surface area contributed by atoms with Crippen molar-refractivity contribution in [3.63, 3.8) is 0 Å². The Kier molecular flexibility index (Phi) is 9.13. The lowest BCUT2D eigenvalue weighted by atomic mass is 9.56. The van der Waals surface area contributed by atoms with Gasteiger partial charge in [0, 0.05) is 11.8 Å². The molecule has 8 rings (SSSR count). The van der Waals surface area contributed by atoms with Crippen molar-refractivity contribution in [1.29, 1.82) is 0 Å². The molecular formula is C42H58O12. The number of ether oxygens (including phenoxy) is 5. The second-order valence-electron chi connectivity index (χ2n) is 20.3. The predicted molar refractivity (Wildman–Crippen MR) is 188 cm³/mol. The number of fused-ring (bicyclic) bond motifs is 9. The minimum atomic E-state index is -1.22. The molecule has 298 valence electrons. The van der Waals surface area contributed by atoms with Gasteiger partial charge in [-0.05, 0) is 140 Å². The zero-order valence-electron chi connectivity index (χ0n) is 32.9. The Hall–Kier alpha value is -3.02. The molecule has 6 bridgehead atoms. The number of carboxylic acids is 1. The van der Waals surface area contributed by atoms with Crippen molar-refractivity contribution >= 4 is 35.8 Å². The number of carbonyl (C=O) groups excluding carboxylic acids is 5. The van der Waals surface area contributed by atoms with Crippen LogP contribution in [0.25, 0.3) is 0 Å². The van der Waals surface area contributed by atoms with E-state index in [0.717, 1.165) is 6.42 Å². The molecule has 0 aromatic carbocycles. The summed E-state index contributed by atoms with van der Waals surface area (Å²) in [5, 5.41) is 10.2. The van der Waals surface area contributed by atoms with Crippen LogP contribution in [0.4, 0.5) is 0 Å². The van der Waals surface area contributed by atoms with E-state index >= 15 is 0 Å². The number of rotatable bonds is 10. The van der Waals surface area contributed by atoms with Crippen molar-refractivity contribution in [3.05, 3.63) is 0 Å². The average molecular weight is 755 g/mol. The summed E-state index contributed by atoms with van der Waals surface area (Å²) in [5.74, 6) is -6.54. The Balaban J connectivity index is 1.08. The molecule has 2 saturated heterocycles. The van der Waals surface area contributed by atoms with E-state index in [0.29, 0.717) is 32.3 Å². The third-order valence-corrected chi connectivity index (χ3v) is 15.6. The molecule has 0 aromatic heterocycles. The number of esters is 5. The minimum Gasteiger partial charge on any atom is -0.481 e. The number of cyclic esters (lactones) is 3. The third kappa shape index (κ3) is 5.92. The van der Waals surface area contributed by atoms with Gasteiger partial charge in [-0.1, -0.05) is 6.92 Å². The fourth-order valence-electron chi connectivity index (χ4n) is 13.8. The first-order chi connectivity index (χ1) is 25.3. The van der Waals surface area contributed by atoms with Gasteiger partial charge >= 0.3 is 35.8 Å². The zero-order chi connectivity index (χ0) is 38.9. The van der Waals surface area contributed by atoms with Gasteiger partial charge in [0.15, 0.2) is 0 Å². The molecular weight excluding hydrogens is 696 g/mol. The maximum atomic E-state index is 14.3. The Bertz CT molecular complexity index is 1610. The first-order valence-electron chi connectivity index (χ1n) is 20.5. The van der Waals surface area contributed by atoms with Crippen molar-refractivity contribution < 1.29 is 57.6 Å². The van der Waals surface area contributed by atoms with Gasteiger partial charge in [0.1, 0.15) is 11.7 Å². The van der Waals surface area contributed by atoms with Crippen LogP contribution in [-0.4, -0.2) is 71.4 Å². The standard InChI is InChI=1S/C42H58O12/c1-16(2)51-33-22-13-25(30-27(22)15-50-38(30)47)34(33)52-40(49)42(7,8)14-26-32(39(48)53-36(26)45)31-21-11-19(12-24(21)37(46)54-41(4,5)6)29(31)28-17(3)18-9-20(28)23(10-18)35(43)44/h16-34H,9-15H2,1-8H3,(H,43,44). The smallest absolute Gasteiger partial charge is 0.317 e. The summed E-state index contributed by atoms with van der Waals surface area (Å²) in [6.45, 7) is 15.4. The monoisotopic (exact) mass is 754 g/mol. The summed E-state index contributed by atoms with van der Waals surface area (Å²) in [4.78, 5) is 81.0. The summed E-state index contributed by atoms with van der Waals surface area (Å²) >= 11 is 0. The first kappa shape index (κ1) is 37.9. The van der Waals surface area contributed by atoms with Gasteiger partial charge in [-0.2, -0.15) is 0 Å². The normalized spacial score (nSPS) is 46.0. The molecule has 18 unspecified atom stereocenters. The van der Waals surface area contributed by atoms with E-state index < -0.39 is 70.6 Å². The van der Waals surface area contributed by atoms with E-state index in [1.807, 2.05) is 34.6 Å². The van der Waals surface area contributed by atoms with Crippen LogP contribution in [0.15, 0.2) is 0 Å². The lowest BCUT2D eigenvalue weighted by Gasteiger charge is -2.46. The van der Waals surface area contributed by atoms with E-state index in [-0.39, 0.29) is 95.7 Å². The highest BCUT2D eigenvalue weighted by molar-refractivity contribution is 5.97.